The first-order chi connectivity index (χ1) is 15.0. The molecule has 3 aromatic rings. The van der Waals surface area contributed by atoms with Gasteiger partial charge in [0.1, 0.15) is 5.69 Å². The third-order valence-electron chi connectivity index (χ3n) is 5.29. The molecule has 1 aromatic carbocycles. The van der Waals surface area contributed by atoms with Crippen molar-refractivity contribution in [1.82, 2.24) is 25.0 Å². The number of nitrogens with one attached hydrogen (secondary N) is 1. The highest BCUT2D eigenvalue weighted by Crippen LogP contribution is 2.13. The van der Waals surface area contributed by atoms with E-state index in [2.05, 4.69) is 20.3 Å². The number of morpholine rings is 1. The van der Waals surface area contributed by atoms with Gasteiger partial charge >= 0.3 is 0 Å². The molecule has 4 rings (SSSR count). The Balaban J connectivity index is 1.50. The maximum atomic E-state index is 13.0. The maximum Gasteiger partial charge on any atom is 0.226 e. The van der Waals surface area contributed by atoms with Crippen molar-refractivity contribution in [3.8, 4) is 0 Å². The summed E-state index contributed by atoms with van der Waals surface area (Å²) in [5, 5.41) is 8.30. The lowest BCUT2D eigenvalue weighted by Gasteiger charge is -2.26. The van der Waals surface area contributed by atoms with E-state index in [0.29, 0.717) is 42.2 Å². The molecule has 0 bridgehead atoms. The van der Waals surface area contributed by atoms with Crippen LogP contribution >= 0.6 is 11.6 Å². The zero-order chi connectivity index (χ0) is 21.8. The molecule has 0 saturated carbocycles. The number of nitrogens with zero attached hydrogens (tertiary/aromatic N) is 4. The van der Waals surface area contributed by atoms with Crippen LogP contribution in [0.15, 0.2) is 41.3 Å². The van der Waals surface area contributed by atoms with Gasteiger partial charge in [-0.05, 0) is 23.8 Å². The first-order valence-electron chi connectivity index (χ1n) is 10.2. The van der Waals surface area contributed by atoms with Gasteiger partial charge in [0.05, 0.1) is 42.4 Å². The van der Waals surface area contributed by atoms with Crippen molar-refractivity contribution in [2.24, 2.45) is 7.05 Å². The number of carbonyl (C=O) groups is 1. The molecule has 0 atom stereocenters. The van der Waals surface area contributed by atoms with Gasteiger partial charge in [0, 0.05) is 38.2 Å². The fraction of sp³-hybridized carbons (Fsp3) is 0.364. The molecule has 3 heterocycles. The normalized spacial score (nSPS) is 14.6. The van der Waals surface area contributed by atoms with Gasteiger partial charge in [-0.3, -0.25) is 24.2 Å². The highest BCUT2D eigenvalue weighted by molar-refractivity contribution is 6.30. The number of carbonyl (C=O) groups excluding carboxylic acids is 1. The Kier molecular flexibility index (Phi) is 6.60. The van der Waals surface area contributed by atoms with Crippen LogP contribution < -0.4 is 10.7 Å². The van der Waals surface area contributed by atoms with Crippen molar-refractivity contribution in [3.63, 3.8) is 0 Å². The fourth-order valence-electron chi connectivity index (χ4n) is 3.57. The molecule has 0 aliphatic carbocycles. The van der Waals surface area contributed by atoms with E-state index >= 15 is 0 Å². The van der Waals surface area contributed by atoms with Gasteiger partial charge in [0.2, 0.25) is 11.3 Å². The Morgan fingerprint density at radius 1 is 1.23 bits per heavy atom. The first-order valence-corrected chi connectivity index (χ1v) is 10.5. The topological polar surface area (TPSA) is 89.4 Å². The summed E-state index contributed by atoms with van der Waals surface area (Å²) in [6.07, 6.45) is 1.58. The molecule has 1 amide bonds. The number of aromatic nitrogens is 3. The van der Waals surface area contributed by atoms with E-state index in [1.54, 1.807) is 30.1 Å². The van der Waals surface area contributed by atoms with E-state index in [-0.39, 0.29) is 23.5 Å². The predicted molar refractivity (Wildman–Crippen MR) is 118 cm³/mol. The minimum Gasteiger partial charge on any atom is -0.379 e. The van der Waals surface area contributed by atoms with E-state index in [0.717, 1.165) is 24.3 Å². The lowest BCUT2D eigenvalue weighted by atomic mass is 10.1. The number of halogens is 1. The molecule has 1 aliphatic heterocycles. The lowest BCUT2D eigenvalue weighted by molar-refractivity contribution is -0.120. The Morgan fingerprint density at radius 3 is 2.71 bits per heavy atom. The maximum absolute atomic E-state index is 13.0. The Morgan fingerprint density at radius 2 is 1.97 bits per heavy atom. The minimum absolute atomic E-state index is 0.0860. The Labute approximate surface area is 184 Å². The van der Waals surface area contributed by atoms with Crippen LogP contribution in [0, 0.1) is 0 Å². The third-order valence-corrected chi connectivity index (χ3v) is 5.54. The molecule has 0 spiro atoms. The van der Waals surface area contributed by atoms with Crippen LogP contribution in [-0.2, 0) is 36.1 Å². The number of fused-ring (bicyclic) bond motifs is 1. The standard InChI is InChI=1S/C22H24ClN5O3/c1-27-20-13-24-17(14-28-6-8-31-9-7-28)10-18(20)22(30)19(26-27)11-21(29)25-12-15-2-4-16(23)5-3-15/h2-5,10,13H,6-9,11-12,14H2,1H3,(H,25,29). The molecular weight excluding hydrogens is 418 g/mol. The minimum atomic E-state index is -0.263. The van der Waals surface area contributed by atoms with Crippen molar-refractivity contribution < 1.29 is 9.53 Å². The van der Waals surface area contributed by atoms with Gasteiger partial charge in [0.25, 0.3) is 0 Å². The largest absolute Gasteiger partial charge is 0.379 e. The van der Waals surface area contributed by atoms with E-state index in [4.69, 9.17) is 16.3 Å². The molecule has 8 nitrogen and oxygen atoms in total. The molecule has 2 aromatic heterocycles. The molecule has 9 heteroatoms. The van der Waals surface area contributed by atoms with Crippen LogP contribution in [0.4, 0.5) is 0 Å². The summed E-state index contributed by atoms with van der Waals surface area (Å²) in [5.74, 6) is -0.263. The van der Waals surface area contributed by atoms with Crippen LogP contribution in [-0.4, -0.2) is 51.9 Å². The molecule has 162 valence electrons. The van der Waals surface area contributed by atoms with Crippen molar-refractivity contribution in [1.29, 1.82) is 0 Å². The van der Waals surface area contributed by atoms with Crippen molar-refractivity contribution >= 4 is 28.4 Å². The van der Waals surface area contributed by atoms with Crippen LogP contribution in [0.3, 0.4) is 0 Å². The van der Waals surface area contributed by atoms with E-state index in [1.165, 1.54) is 0 Å². The van der Waals surface area contributed by atoms with E-state index in [9.17, 15) is 9.59 Å². The molecule has 1 saturated heterocycles. The van der Waals surface area contributed by atoms with Gasteiger partial charge in [0.15, 0.2) is 0 Å². The summed E-state index contributed by atoms with van der Waals surface area (Å²) in [6, 6.07) is 9.04. The molecule has 1 aliphatic rings. The quantitative estimate of drug-likeness (QED) is 0.626. The third kappa shape index (κ3) is 5.28. The van der Waals surface area contributed by atoms with Crippen molar-refractivity contribution in [2.75, 3.05) is 26.3 Å². The highest BCUT2D eigenvalue weighted by atomic mass is 35.5. The van der Waals surface area contributed by atoms with E-state index in [1.807, 2.05) is 18.2 Å². The van der Waals surface area contributed by atoms with Crippen molar-refractivity contribution in [2.45, 2.75) is 19.5 Å². The second-order valence-electron chi connectivity index (χ2n) is 7.56. The number of hydrogen-bond acceptors (Lipinski definition) is 6. The summed E-state index contributed by atoms with van der Waals surface area (Å²) < 4.78 is 6.98. The summed E-state index contributed by atoms with van der Waals surface area (Å²) in [5.41, 5.74) is 2.36. The van der Waals surface area contributed by atoms with Crippen LogP contribution in [0.2, 0.25) is 5.02 Å². The van der Waals surface area contributed by atoms with Crippen molar-refractivity contribution in [3.05, 3.63) is 68.7 Å². The smallest absolute Gasteiger partial charge is 0.226 e. The Hall–Kier alpha value is -2.81. The fourth-order valence-corrected chi connectivity index (χ4v) is 3.70. The monoisotopic (exact) mass is 441 g/mol. The number of rotatable bonds is 6. The predicted octanol–water partition coefficient (Wildman–Crippen LogP) is 1.67. The first kappa shape index (κ1) is 21.4. The van der Waals surface area contributed by atoms with Crippen LogP contribution in [0.1, 0.15) is 17.0 Å². The number of benzene rings is 1. The SMILES string of the molecule is Cn1nc(CC(=O)NCc2ccc(Cl)cc2)c(=O)c2cc(CN3CCOCC3)ncc21. The van der Waals surface area contributed by atoms with Crippen LogP contribution in [0.25, 0.3) is 10.9 Å². The molecular formula is C22H24ClN5O3. The Bertz CT molecular complexity index is 1140. The number of pyridine rings is 1. The summed E-state index contributed by atoms with van der Waals surface area (Å²) in [4.78, 5) is 32.2. The molecule has 1 fully saturated rings. The number of hydrogen-bond donors (Lipinski definition) is 1. The molecule has 0 radical (unpaired) electrons. The summed E-state index contributed by atoms with van der Waals surface area (Å²) >= 11 is 5.88. The van der Waals surface area contributed by atoms with Gasteiger partial charge in [-0.1, -0.05) is 23.7 Å². The zero-order valence-electron chi connectivity index (χ0n) is 17.3. The molecule has 31 heavy (non-hydrogen) atoms. The van der Waals surface area contributed by atoms with Crippen LogP contribution in [0.5, 0.6) is 0 Å². The summed E-state index contributed by atoms with van der Waals surface area (Å²) in [7, 11) is 1.75. The van der Waals surface area contributed by atoms with E-state index < -0.39 is 0 Å². The average Bonchev–Trinajstić information content (AvgIpc) is 2.77. The van der Waals surface area contributed by atoms with Gasteiger partial charge in [-0.2, -0.15) is 5.10 Å². The van der Waals surface area contributed by atoms with Gasteiger partial charge in [-0.15, -0.1) is 0 Å². The second-order valence-corrected chi connectivity index (χ2v) is 8.00. The molecule has 0 unspecified atom stereocenters. The summed E-state index contributed by atoms with van der Waals surface area (Å²) in [6.45, 7) is 4.10. The number of aryl methyl sites for hydroxylation is 1. The second kappa shape index (κ2) is 9.55. The lowest BCUT2D eigenvalue weighted by Crippen LogP contribution is -2.36. The zero-order valence-corrected chi connectivity index (χ0v) is 18.1. The average molecular weight is 442 g/mol. The number of ether oxygens (including phenoxy) is 1. The van der Waals surface area contributed by atoms with Gasteiger partial charge < -0.3 is 10.1 Å². The van der Waals surface area contributed by atoms with Gasteiger partial charge in [-0.25, -0.2) is 0 Å². The number of amides is 1. The molecule has 1 N–H and O–H groups in total. The highest BCUT2D eigenvalue weighted by Gasteiger charge is 2.16.